The Hall–Kier alpha value is -1.96. The summed E-state index contributed by atoms with van der Waals surface area (Å²) in [6.07, 6.45) is 0. The van der Waals surface area contributed by atoms with Crippen LogP contribution < -0.4 is 9.47 Å². The molecule has 1 saturated heterocycles. The van der Waals surface area contributed by atoms with Crippen LogP contribution in [0.3, 0.4) is 0 Å². The van der Waals surface area contributed by atoms with Crippen LogP contribution in [0.1, 0.15) is 15.9 Å². The number of hydrogen-bond donors (Lipinski definition) is 0. The van der Waals surface area contributed by atoms with E-state index in [4.69, 9.17) is 9.47 Å². The molecule has 0 atom stereocenters. The highest BCUT2D eigenvalue weighted by atomic mass is 79.9. The number of carbonyl (C=O) groups is 1. The summed E-state index contributed by atoms with van der Waals surface area (Å²) in [5, 5.41) is 0. The number of halogens is 2. The number of benzene rings is 2. The quantitative estimate of drug-likeness (QED) is 0.602. The molecule has 3 rings (SSSR count). The highest BCUT2D eigenvalue weighted by Crippen LogP contribution is 2.25. The number of Topliss-reactive ketones (excluding diaryl/α,β-unsaturated/α-hetero) is 1. The van der Waals surface area contributed by atoms with E-state index in [-0.39, 0.29) is 18.1 Å². The fourth-order valence-electron chi connectivity index (χ4n) is 3.04. The molecule has 0 N–H and O–H groups in total. The predicted molar refractivity (Wildman–Crippen MR) is 110 cm³/mol. The van der Waals surface area contributed by atoms with Crippen molar-refractivity contribution in [2.24, 2.45) is 0 Å². The van der Waals surface area contributed by atoms with Crippen LogP contribution in [0.15, 0.2) is 40.9 Å². The van der Waals surface area contributed by atoms with Crippen LogP contribution in [-0.4, -0.2) is 62.5 Å². The maximum atomic E-state index is 14.5. The Labute approximate surface area is 173 Å². The molecule has 28 heavy (non-hydrogen) atoms. The maximum absolute atomic E-state index is 14.5. The smallest absolute Gasteiger partial charge is 0.176 e. The van der Waals surface area contributed by atoms with Crippen LogP contribution in [0.25, 0.3) is 0 Å². The molecule has 2 aromatic rings. The Balaban J connectivity index is 1.61. The Morgan fingerprint density at radius 3 is 2.57 bits per heavy atom. The molecule has 0 unspecified atom stereocenters. The third-order valence-corrected chi connectivity index (χ3v) is 5.63. The molecule has 1 aliphatic heterocycles. The number of rotatable bonds is 7. The largest absolute Gasteiger partial charge is 0.497 e. The second-order valence-electron chi connectivity index (χ2n) is 6.89. The van der Waals surface area contributed by atoms with Gasteiger partial charge in [0.25, 0.3) is 0 Å². The molecular formula is C21H24BrFN2O3. The molecule has 1 heterocycles. The molecule has 0 aliphatic carbocycles. The zero-order chi connectivity index (χ0) is 20.1. The zero-order valence-electron chi connectivity index (χ0n) is 16.1. The van der Waals surface area contributed by atoms with Gasteiger partial charge in [-0.2, -0.15) is 0 Å². The Kier molecular flexibility index (Phi) is 7.04. The molecule has 2 aromatic carbocycles. The van der Waals surface area contributed by atoms with E-state index >= 15 is 0 Å². The van der Waals surface area contributed by atoms with Gasteiger partial charge in [-0.25, -0.2) is 4.39 Å². The summed E-state index contributed by atoms with van der Waals surface area (Å²) < 4.78 is 26.1. The van der Waals surface area contributed by atoms with Crippen LogP contribution in [0, 0.1) is 5.82 Å². The van der Waals surface area contributed by atoms with Crippen molar-refractivity contribution in [1.29, 1.82) is 0 Å². The van der Waals surface area contributed by atoms with Gasteiger partial charge in [-0.15, -0.1) is 0 Å². The minimum Gasteiger partial charge on any atom is -0.497 e. The molecule has 150 valence electrons. The number of hydrogen-bond acceptors (Lipinski definition) is 5. The monoisotopic (exact) mass is 450 g/mol. The first-order valence-corrected chi connectivity index (χ1v) is 9.94. The molecular weight excluding hydrogens is 427 g/mol. The van der Waals surface area contributed by atoms with Crippen LogP contribution in [-0.2, 0) is 6.61 Å². The summed E-state index contributed by atoms with van der Waals surface area (Å²) in [7, 11) is 3.66. The van der Waals surface area contributed by atoms with Crippen molar-refractivity contribution in [1.82, 2.24) is 9.80 Å². The van der Waals surface area contributed by atoms with E-state index in [1.54, 1.807) is 13.2 Å². The number of likely N-dealkylation sites (N-methyl/N-ethyl adjacent to an activating group) is 1. The summed E-state index contributed by atoms with van der Waals surface area (Å²) >= 11 is 3.45. The van der Waals surface area contributed by atoms with Gasteiger partial charge in [0.05, 0.1) is 13.7 Å². The van der Waals surface area contributed by atoms with Crippen molar-refractivity contribution in [2.45, 2.75) is 6.61 Å². The molecule has 0 bridgehead atoms. The van der Waals surface area contributed by atoms with Crippen LogP contribution in [0.4, 0.5) is 4.39 Å². The van der Waals surface area contributed by atoms with Crippen molar-refractivity contribution in [3.05, 3.63) is 57.8 Å². The molecule has 0 aromatic heterocycles. The second-order valence-corrected chi connectivity index (χ2v) is 7.75. The van der Waals surface area contributed by atoms with Crippen molar-refractivity contribution in [3.63, 3.8) is 0 Å². The summed E-state index contributed by atoms with van der Waals surface area (Å²) in [6, 6.07) is 9.91. The maximum Gasteiger partial charge on any atom is 0.176 e. The van der Waals surface area contributed by atoms with Gasteiger partial charge in [0.15, 0.2) is 17.3 Å². The summed E-state index contributed by atoms with van der Waals surface area (Å²) in [4.78, 5) is 16.8. The number of piperazine rings is 1. The van der Waals surface area contributed by atoms with Gasteiger partial charge in [-0.3, -0.25) is 9.69 Å². The van der Waals surface area contributed by atoms with Crippen molar-refractivity contribution in [3.8, 4) is 11.5 Å². The van der Waals surface area contributed by atoms with E-state index in [0.29, 0.717) is 17.9 Å². The van der Waals surface area contributed by atoms with Gasteiger partial charge in [0.1, 0.15) is 12.4 Å². The molecule has 0 spiro atoms. The third-order valence-electron chi connectivity index (χ3n) is 4.85. The topological polar surface area (TPSA) is 42.0 Å². The van der Waals surface area contributed by atoms with E-state index in [9.17, 15) is 9.18 Å². The summed E-state index contributed by atoms with van der Waals surface area (Å²) in [5.74, 6) is 0.201. The number of methoxy groups -OCH3 is 1. The van der Waals surface area contributed by atoms with Gasteiger partial charge in [-0.1, -0.05) is 15.9 Å². The number of carbonyl (C=O) groups excluding carboxylic acids is 1. The fraction of sp³-hybridized carbons (Fsp3) is 0.381. The van der Waals surface area contributed by atoms with Gasteiger partial charge < -0.3 is 14.4 Å². The van der Waals surface area contributed by atoms with Crippen LogP contribution in [0.5, 0.6) is 11.5 Å². The van der Waals surface area contributed by atoms with Crippen LogP contribution >= 0.6 is 15.9 Å². The zero-order valence-corrected chi connectivity index (χ0v) is 17.7. The Morgan fingerprint density at radius 2 is 1.89 bits per heavy atom. The molecule has 0 saturated carbocycles. The molecule has 5 nitrogen and oxygen atoms in total. The van der Waals surface area contributed by atoms with E-state index in [0.717, 1.165) is 36.2 Å². The minimum absolute atomic E-state index is 0.0782. The van der Waals surface area contributed by atoms with Gasteiger partial charge >= 0.3 is 0 Å². The minimum atomic E-state index is -0.539. The standard InChI is InChI=1S/C21H24BrFN2O3/c1-24-7-9-25(10-8-24)13-20(26)15-3-6-21(19(23)12-15)28-14-16-11-17(27-2)4-5-18(16)22/h3-6,11-12H,7-10,13-14H2,1-2H3. The lowest BCUT2D eigenvalue weighted by Crippen LogP contribution is -2.46. The number of ketones is 1. The first-order valence-electron chi connectivity index (χ1n) is 9.15. The van der Waals surface area contributed by atoms with E-state index in [2.05, 4.69) is 32.8 Å². The average Bonchev–Trinajstić information content (AvgIpc) is 2.69. The third kappa shape index (κ3) is 5.31. The second kappa shape index (κ2) is 9.49. The number of ether oxygens (including phenoxy) is 2. The Morgan fingerprint density at radius 1 is 1.14 bits per heavy atom. The van der Waals surface area contributed by atoms with E-state index in [1.165, 1.54) is 12.1 Å². The van der Waals surface area contributed by atoms with Gasteiger partial charge in [0.2, 0.25) is 0 Å². The lowest BCUT2D eigenvalue weighted by molar-refractivity contribution is 0.0876. The molecule has 0 radical (unpaired) electrons. The molecule has 1 fully saturated rings. The molecule has 0 amide bonds. The van der Waals surface area contributed by atoms with Crippen molar-refractivity contribution >= 4 is 21.7 Å². The predicted octanol–water partition coefficient (Wildman–Crippen LogP) is 3.61. The first kappa shape index (κ1) is 20.8. The highest BCUT2D eigenvalue weighted by Gasteiger charge is 2.18. The van der Waals surface area contributed by atoms with E-state index in [1.807, 2.05) is 18.2 Å². The fourth-order valence-corrected chi connectivity index (χ4v) is 3.40. The van der Waals surface area contributed by atoms with Crippen molar-refractivity contribution < 1.29 is 18.7 Å². The lowest BCUT2D eigenvalue weighted by Gasteiger charge is -2.31. The van der Waals surface area contributed by atoms with Gasteiger partial charge in [-0.05, 0) is 43.4 Å². The first-order chi connectivity index (χ1) is 13.5. The Bertz CT molecular complexity index is 838. The number of nitrogens with zero attached hydrogens (tertiary/aromatic N) is 2. The summed E-state index contributed by atoms with van der Waals surface area (Å²) in [5.41, 5.74) is 1.21. The SMILES string of the molecule is COc1ccc(Br)c(COc2ccc(C(=O)CN3CCN(C)CC3)cc2F)c1. The lowest BCUT2D eigenvalue weighted by atomic mass is 10.1. The normalized spacial score (nSPS) is 15.4. The summed E-state index contributed by atoms with van der Waals surface area (Å²) in [6.45, 7) is 4.07. The average molecular weight is 451 g/mol. The van der Waals surface area contributed by atoms with Gasteiger partial charge in [0, 0.05) is 41.8 Å². The highest BCUT2D eigenvalue weighted by molar-refractivity contribution is 9.10. The van der Waals surface area contributed by atoms with E-state index < -0.39 is 5.82 Å². The van der Waals surface area contributed by atoms with Crippen molar-refractivity contribution in [2.75, 3.05) is 46.9 Å². The van der Waals surface area contributed by atoms with Crippen LogP contribution in [0.2, 0.25) is 0 Å². The molecule has 7 heteroatoms. The molecule has 1 aliphatic rings.